The molecule has 9 nitrogen and oxygen atoms in total. The monoisotopic (exact) mass is 439 g/mol. The van der Waals surface area contributed by atoms with Gasteiger partial charge in [0.2, 0.25) is 6.79 Å². The van der Waals surface area contributed by atoms with Crippen molar-refractivity contribution >= 4 is 23.2 Å². The molecule has 0 bridgehead atoms. The predicted octanol–water partition coefficient (Wildman–Crippen LogP) is 2.11. The zero-order valence-electron chi connectivity index (χ0n) is 17.8. The molecular formula is C23H25N3O6. The summed E-state index contributed by atoms with van der Waals surface area (Å²) >= 11 is 0. The van der Waals surface area contributed by atoms with E-state index in [1.54, 1.807) is 48.2 Å². The first-order valence-corrected chi connectivity index (χ1v) is 10.7. The molecule has 0 spiro atoms. The number of carbonyl (C=O) groups excluding carboxylic acids is 2. The van der Waals surface area contributed by atoms with Crippen LogP contribution in [0.1, 0.15) is 17.3 Å². The van der Waals surface area contributed by atoms with E-state index in [4.69, 9.17) is 18.9 Å². The van der Waals surface area contributed by atoms with Gasteiger partial charge in [0.25, 0.3) is 11.8 Å². The number of benzene rings is 2. The van der Waals surface area contributed by atoms with Crippen LogP contribution >= 0.6 is 0 Å². The third-order valence-electron chi connectivity index (χ3n) is 5.80. The highest BCUT2D eigenvalue weighted by Crippen LogP contribution is 2.37. The van der Waals surface area contributed by atoms with E-state index in [1.807, 2.05) is 0 Å². The second-order valence-electron chi connectivity index (χ2n) is 7.91. The van der Waals surface area contributed by atoms with Crippen molar-refractivity contribution in [2.45, 2.75) is 13.0 Å². The number of carbonyl (C=O) groups is 2. The van der Waals surface area contributed by atoms with Gasteiger partial charge in [0, 0.05) is 37.4 Å². The molecule has 1 atom stereocenters. The number of hydrogen-bond acceptors (Lipinski definition) is 7. The summed E-state index contributed by atoms with van der Waals surface area (Å²) in [7, 11) is 0. The summed E-state index contributed by atoms with van der Waals surface area (Å²) in [5, 5.41) is 2.90. The van der Waals surface area contributed by atoms with Gasteiger partial charge < -0.3 is 29.2 Å². The van der Waals surface area contributed by atoms with Crippen LogP contribution < -0.4 is 24.4 Å². The largest absolute Gasteiger partial charge is 0.479 e. The predicted molar refractivity (Wildman–Crippen MR) is 117 cm³/mol. The molecule has 5 rings (SSSR count). The summed E-state index contributed by atoms with van der Waals surface area (Å²) in [6.07, 6.45) is -0.554. The zero-order valence-corrected chi connectivity index (χ0v) is 17.8. The minimum atomic E-state index is -0.554. The Morgan fingerprint density at radius 1 is 1.03 bits per heavy atom. The average molecular weight is 439 g/mol. The minimum absolute atomic E-state index is 0.0926. The van der Waals surface area contributed by atoms with Crippen LogP contribution in [0.2, 0.25) is 0 Å². The van der Waals surface area contributed by atoms with Gasteiger partial charge in [0.05, 0.1) is 18.9 Å². The first-order valence-electron chi connectivity index (χ1n) is 10.7. The average Bonchev–Trinajstić information content (AvgIpc) is 3.28. The topological polar surface area (TPSA) is 89.6 Å². The van der Waals surface area contributed by atoms with Gasteiger partial charge in [-0.25, -0.2) is 0 Å². The van der Waals surface area contributed by atoms with E-state index in [0.29, 0.717) is 53.9 Å². The molecule has 32 heavy (non-hydrogen) atoms. The lowest BCUT2D eigenvalue weighted by Crippen LogP contribution is -2.48. The number of nitrogens with one attached hydrogen (secondary N) is 1. The second-order valence-corrected chi connectivity index (χ2v) is 7.91. The summed E-state index contributed by atoms with van der Waals surface area (Å²) in [6.45, 7) is 6.31. The van der Waals surface area contributed by atoms with Gasteiger partial charge >= 0.3 is 0 Å². The van der Waals surface area contributed by atoms with Crippen molar-refractivity contribution in [3.05, 3.63) is 42.0 Å². The van der Waals surface area contributed by atoms with E-state index in [-0.39, 0.29) is 18.6 Å². The van der Waals surface area contributed by atoms with Crippen LogP contribution in [0, 0.1) is 0 Å². The molecule has 9 heteroatoms. The highest BCUT2D eigenvalue weighted by atomic mass is 16.7. The van der Waals surface area contributed by atoms with Gasteiger partial charge in [-0.3, -0.25) is 14.5 Å². The Hall–Kier alpha value is -3.30. The fourth-order valence-corrected chi connectivity index (χ4v) is 4.02. The quantitative estimate of drug-likeness (QED) is 0.763. The molecule has 0 radical (unpaired) electrons. The number of nitrogens with zero attached hydrogens (tertiary/aromatic N) is 2. The lowest BCUT2D eigenvalue weighted by Gasteiger charge is -2.35. The number of rotatable bonds is 5. The Balaban J connectivity index is 1.33. The van der Waals surface area contributed by atoms with Crippen LogP contribution in [0.25, 0.3) is 0 Å². The van der Waals surface area contributed by atoms with Crippen LogP contribution in [0.4, 0.5) is 11.4 Å². The van der Waals surface area contributed by atoms with Crippen LogP contribution in [-0.4, -0.2) is 69.0 Å². The van der Waals surface area contributed by atoms with E-state index >= 15 is 0 Å². The molecule has 3 heterocycles. The lowest BCUT2D eigenvalue weighted by atomic mass is 10.1. The van der Waals surface area contributed by atoms with E-state index in [0.717, 1.165) is 19.6 Å². The number of ether oxygens (including phenoxy) is 4. The summed E-state index contributed by atoms with van der Waals surface area (Å²) in [6, 6.07) is 10.4. The molecule has 0 aromatic heterocycles. The second kappa shape index (κ2) is 8.68. The molecule has 2 aromatic rings. The standard InChI is InChI=1S/C23H25N3O6/c1-15-23(28)26(7-6-25-8-10-29-11-9-25)18-13-17(3-5-19(18)32-15)24-22(27)16-2-4-20-21(12-16)31-14-30-20/h2-5,12-13,15H,6-11,14H2,1H3,(H,24,27). The molecule has 3 aliphatic heterocycles. The fourth-order valence-electron chi connectivity index (χ4n) is 4.02. The number of hydrogen-bond donors (Lipinski definition) is 1. The number of morpholine rings is 1. The Morgan fingerprint density at radius 3 is 2.66 bits per heavy atom. The molecule has 2 amide bonds. The van der Waals surface area contributed by atoms with Crippen LogP contribution in [0.5, 0.6) is 17.2 Å². The van der Waals surface area contributed by atoms with Gasteiger partial charge in [-0.05, 0) is 43.3 Å². The summed E-state index contributed by atoms with van der Waals surface area (Å²) < 4.78 is 21.8. The molecule has 3 aliphatic rings. The zero-order chi connectivity index (χ0) is 22.1. The van der Waals surface area contributed by atoms with E-state index < -0.39 is 6.10 Å². The third-order valence-corrected chi connectivity index (χ3v) is 5.80. The van der Waals surface area contributed by atoms with Crippen molar-refractivity contribution < 1.29 is 28.5 Å². The number of fused-ring (bicyclic) bond motifs is 2. The molecule has 1 saturated heterocycles. The van der Waals surface area contributed by atoms with E-state index in [9.17, 15) is 9.59 Å². The van der Waals surface area contributed by atoms with Gasteiger partial charge in [0.1, 0.15) is 5.75 Å². The molecule has 2 aromatic carbocycles. The Labute approximate surface area is 185 Å². The van der Waals surface area contributed by atoms with Crippen molar-refractivity contribution in [2.75, 3.05) is 56.4 Å². The van der Waals surface area contributed by atoms with Gasteiger partial charge in [-0.2, -0.15) is 0 Å². The van der Waals surface area contributed by atoms with E-state index in [2.05, 4.69) is 10.2 Å². The normalized spacial score (nSPS) is 20.0. The molecule has 0 saturated carbocycles. The molecule has 0 aliphatic carbocycles. The van der Waals surface area contributed by atoms with Gasteiger partial charge in [-0.15, -0.1) is 0 Å². The van der Waals surface area contributed by atoms with Crippen LogP contribution in [0.3, 0.4) is 0 Å². The SMILES string of the molecule is CC1Oc2ccc(NC(=O)c3ccc4c(c3)OCO4)cc2N(CCN2CCOCC2)C1=O. The Bertz CT molecular complexity index is 1040. The molecule has 1 N–H and O–H groups in total. The molecule has 1 unspecified atom stereocenters. The maximum atomic E-state index is 12.9. The Morgan fingerprint density at radius 2 is 1.81 bits per heavy atom. The lowest BCUT2D eigenvalue weighted by molar-refractivity contribution is -0.125. The number of anilines is 2. The first-order chi connectivity index (χ1) is 15.6. The van der Waals surface area contributed by atoms with Crippen molar-refractivity contribution in [1.29, 1.82) is 0 Å². The van der Waals surface area contributed by atoms with Gasteiger partial charge in [0.15, 0.2) is 17.6 Å². The number of amides is 2. The van der Waals surface area contributed by atoms with Crippen LogP contribution in [0.15, 0.2) is 36.4 Å². The van der Waals surface area contributed by atoms with Crippen molar-refractivity contribution in [2.24, 2.45) is 0 Å². The highest BCUT2D eigenvalue weighted by Gasteiger charge is 2.32. The van der Waals surface area contributed by atoms with Crippen molar-refractivity contribution in [3.8, 4) is 17.2 Å². The first kappa shape index (κ1) is 20.6. The smallest absolute Gasteiger partial charge is 0.267 e. The highest BCUT2D eigenvalue weighted by molar-refractivity contribution is 6.06. The molecule has 168 valence electrons. The summed E-state index contributed by atoms with van der Waals surface area (Å²) in [5.41, 5.74) is 1.69. The summed E-state index contributed by atoms with van der Waals surface area (Å²) in [5.74, 6) is 1.42. The molecular weight excluding hydrogens is 414 g/mol. The minimum Gasteiger partial charge on any atom is -0.479 e. The van der Waals surface area contributed by atoms with Crippen molar-refractivity contribution in [3.63, 3.8) is 0 Å². The maximum absolute atomic E-state index is 12.9. The maximum Gasteiger partial charge on any atom is 0.267 e. The molecule has 1 fully saturated rings. The Kier molecular flexibility index (Phi) is 5.59. The summed E-state index contributed by atoms with van der Waals surface area (Å²) in [4.78, 5) is 29.7. The van der Waals surface area contributed by atoms with Crippen LogP contribution in [-0.2, 0) is 9.53 Å². The fraction of sp³-hybridized carbons (Fsp3) is 0.391. The van der Waals surface area contributed by atoms with Crippen molar-refractivity contribution in [1.82, 2.24) is 4.90 Å². The third kappa shape index (κ3) is 4.09. The van der Waals surface area contributed by atoms with E-state index in [1.165, 1.54) is 0 Å². The van der Waals surface area contributed by atoms with Gasteiger partial charge in [-0.1, -0.05) is 0 Å².